The van der Waals surface area contributed by atoms with Crippen molar-refractivity contribution in [3.8, 4) is 17.0 Å². The molecule has 0 radical (unpaired) electrons. The molecule has 0 aliphatic carbocycles. The predicted molar refractivity (Wildman–Crippen MR) is 80.7 cm³/mol. The summed E-state index contributed by atoms with van der Waals surface area (Å²) in [4.78, 5) is 4.58. The van der Waals surface area contributed by atoms with Gasteiger partial charge < -0.3 is 10.5 Å². The van der Waals surface area contributed by atoms with E-state index in [1.54, 1.807) is 11.3 Å². The molecule has 0 bridgehead atoms. The molecule has 0 spiro atoms. The predicted octanol–water partition coefficient (Wildman–Crippen LogP) is 3.79. The second kappa shape index (κ2) is 6.17. The molecule has 4 heteroatoms. The molecule has 19 heavy (non-hydrogen) atoms. The molecule has 0 aliphatic rings. The minimum atomic E-state index is -0.00732. The highest BCUT2D eigenvalue weighted by molar-refractivity contribution is 7.10. The molecular weight excluding hydrogens is 256 g/mol. The maximum Gasteiger partial charge on any atom is 0.122 e. The SMILES string of the molecule is CCOc1ccc(-c2csc(C(C)N)n2)cc1CC. The van der Waals surface area contributed by atoms with Crippen LogP contribution in [0.25, 0.3) is 11.3 Å². The van der Waals surface area contributed by atoms with Crippen LogP contribution in [-0.2, 0) is 6.42 Å². The number of hydrogen-bond donors (Lipinski definition) is 1. The lowest BCUT2D eigenvalue weighted by Crippen LogP contribution is -2.03. The van der Waals surface area contributed by atoms with Gasteiger partial charge in [-0.25, -0.2) is 4.98 Å². The molecular formula is C15H20N2OS. The standard InChI is InChI=1S/C15H20N2OS/c1-4-11-8-12(6-7-14(11)18-5-2)13-9-19-15(17-13)10(3)16/h6-10H,4-5,16H2,1-3H3. The van der Waals surface area contributed by atoms with E-state index in [4.69, 9.17) is 10.5 Å². The van der Waals surface area contributed by atoms with Gasteiger partial charge in [0.25, 0.3) is 0 Å². The first-order valence-electron chi connectivity index (χ1n) is 6.62. The fraction of sp³-hybridized carbons (Fsp3) is 0.400. The van der Waals surface area contributed by atoms with Crippen LogP contribution in [0.3, 0.4) is 0 Å². The van der Waals surface area contributed by atoms with Crippen LogP contribution in [0.1, 0.15) is 37.4 Å². The second-order valence-electron chi connectivity index (χ2n) is 4.47. The van der Waals surface area contributed by atoms with Crippen molar-refractivity contribution in [2.24, 2.45) is 5.73 Å². The van der Waals surface area contributed by atoms with Crippen molar-refractivity contribution >= 4 is 11.3 Å². The van der Waals surface area contributed by atoms with E-state index in [1.165, 1.54) is 5.56 Å². The van der Waals surface area contributed by atoms with Gasteiger partial charge in [-0.2, -0.15) is 0 Å². The van der Waals surface area contributed by atoms with Crippen molar-refractivity contribution in [2.45, 2.75) is 33.2 Å². The Kier molecular flexibility index (Phi) is 4.56. The van der Waals surface area contributed by atoms with Gasteiger partial charge in [0.2, 0.25) is 0 Å². The molecule has 0 fully saturated rings. The third-order valence-electron chi connectivity index (χ3n) is 2.95. The summed E-state index contributed by atoms with van der Waals surface area (Å²) in [6.45, 7) is 6.79. The molecule has 1 unspecified atom stereocenters. The van der Waals surface area contributed by atoms with Crippen LogP contribution in [0, 0.1) is 0 Å². The number of rotatable bonds is 5. The molecule has 3 nitrogen and oxygen atoms in total. The lowest BCUT2D eigenvalue weighted by molar-refractivity contribution is 0.337. The zero-order chi connectivity index (χ0) is 13.8. The number of nitrogens with two attached hydrogens (primary N) is 1. The van der Waals surface area contributed by atoms with Crippen molar-refractivity contribution in [3.05, 3.63) is 34.2 Å². The van der Waals surface area contributed by atoms with Gasteiger partial charge in [-0.05, 0) is 44.0 Å². The smallest absolute Gasteiger partial charge is 0.122 e. The van der Waals surface area contributed by atoms with E-state index in [2.05, 4.69) is 29.4 Å². The first-order valence-corrected chi connectivity index (χ1v) is 7.50. The summed E-state index contributed by atoms with van der Waals surface area (Å²) in [6, 6.07) is 6.24. The molecule has 0 amide bonds. The first-order chi connectivity index (χ1) is 9.15. The fourth-order valence-electron chi connectivity index (χ4n) is 1.94. The zero-order valence-corrected chi connectivity index (χ0v) is 12.5. The minimum absolute atomic E-state index is 0.00732. The molecule has 0 saturated carbocycles. The number of ether oxygens (including phenoxy) is 1. The molecule has 1 aromatic carbocycles. The van der Waals surface area contributed by atoms with Gasteiger partial charge in [-0.15, -0.1) is 11.3 Å². The number of nitrogens with zero attached hydrogens (tertiary/aromatic N) is 1. The van der Waals surface area contributed by atoms with Crippen molar-refractivity contribution in [1.82, 2.24) is 4.98 Å². The third-order valence-corrected chi connectivity index (χ3v) is 3.99. The van der Waals surface area contributed by atoms with Gasteiger partial charge in [-0.1, -0.05) is 6.92 Å². The van der Waals surface area contributed by atoms with Gasteiger partial charge in [0.1, 0.15) is 10.8 Å². The molecule has 0 saturated heterocycles. The minimum Gasteiger partial charge on any atom is -0.494 e. The average molecular weight is 276 g/mol. The van der Waals surface area contributed by atoms with E-state index in [0.29, 0.717) is 6.61 Å². The molecule has 2 N–H and O–H groups in total. The highest BCUT2D eigenvalue weighted by Crippen LogP contribution is 2.29. The Labute approximate surface area is 118 Å². The van der Waals surface area contributed by atoms with Crippen LogP contribution in [0.5, 0.6) is 5.75 Å². The van der Waals surface area contributed by atoms with Crippen LogP contribution in [-0.4, -0.2) is 11.6 Å². The summed E-state index contributed by atoms with van der Waals surface area (Å²) in [7, 11) is 0. The van der Waals surface area contributed by atoms with Crippen LogP contribution >= 0.6 is 11.3 Å². The van der Waals surface area contributed by atoms with Gasteiger partial charge in [0, 0.05) is 10.9 Å². The lowest BCUT2D eigenvalue weighted by Gasteiger charge is -2.10. The van der Waals surface area contributed by atoms with E-state index >= 15 is 0 Å². The van der Waals surface area contributed by atoms with Crippen molar-refractivity contribution in [3.63, 3.8) is 0 Å². The summed E-state index contributed by atoms with van der Waals surface area (Å²) in [5.41, 5.74) is 9.19. The Balaban J connectivity index is 2.34. The molecule has 1 heterocycles. The van der Waals surface area contributed by atoms with Gasteiger partial charge in [-0.3, -0.25) is 0 Å². The molecule has 2 aromatic rings. The van der Waals surface area contributed by atoms with Crippen LogP contribution in [0.15, 0.2) is 23.6 Å². The molecule has 1 aromatic heterocycles. The van der Waals surface area contributed by atoms with E-state index in [0.717, 1.165) is 28.4 Å². The Morgan fingerprint density at radius 3 is 2.74 bits per heavy atom. The zero-order valence-electron chi connectivity index (χ0n) is 11.6. The monoisotopic (exact) mass is 276 g/mol. The quantitative estimate of drug-likeness (QED) is 0.903. The van der Waals surface area contributed by atoms with Crippen molar-refractivity contribution < 1.29 is 4.74 Å². The number of thiazole rings is 1. The lowest BCUT2D eigenvalue weighted by atomic mass is 10.1. The summed E-state index contributed by atoms with van der Waals surface area (Å²) in [5, 5.41) is 3.04. The summed E-state index contributed by atoms with van der Waals surface area (Å²) >= 11 is 1.61. The largest absolute Gasteiger partial charge is 0.494 e. The Hall–Kier alpha value is -1.39. The summed E-state index contributed by atoms with van der Waals surface area (Å²) < 4.78 is 5.62. The van der Waals surface area contributed by atoms with Gasteiger partial charge in [0.15, 0.2) is 0 Å². The van der Waals surface area contributed by atoms with Gasteiger partial charge in [0.05, 0.1) is 18.3 Å². The topological polar surface area (TPSA) is 48.1 Å². The van der Waals surface area contributed by atoms with E-state index in [9.17, 15) is 0 Å². The third kappa shape index (κ3) is 3.14. The molecule has 2 rings (SSSR count). The Morgan fingerprint density at radius 2 is 2.16 bits per heavy atom. The maximum atomic E-state index is 5.85. The number of aromatic nitrogens is 1. The van der Waals surface area contributed by atoms with Crippen molar-refractivity contribution in [2.75, 3.05) is 6.61 Å². The van der Waals surface area contributed by atoms with E-state index in [-0.39, 0.29) is 6.04 Å². The molecule has 0 aliphatic heterocycles. The highest BCUT2D eigenvalue weighted by Gasteiger charge is 2.10. The summed E-state index contributed by atoms with van der Waals surface area (Å²) in [6.07, 6.45) is 0.952. The normalized spacial score (nSPS) is 12.4. The number of benzene rings is 1. The number of aryl methyl sites for hydroxylation is 1. The highest BCUT2D eigenvalue weighted by atomic mass is 32.1. The van der Waals surface area contributed by atoms with Gasteiger partial charge >= 0.3 is 0 Å². The fourth-order valence-corrected chi connectivity index (χ4v) is 2.73. The van der Waals surface area contributed by atoms with Crippen LogP contribution < -0.4 is 10.5 Å². The average Bonchev–Trinajstić information content (AvgIpc) is 2.89. The van der Waals surface area contributed by atoms with Crippen LogP contribution in [0.2, 0.25) is 0 Å². The molecule has 102 valence electrons. The Morgan fingerprint density at radius 1 is 1.37 bits per heavy atom. The summed E-state index contributed by atoms with van der Waals surface area (Å²) in [5.74, 6) is 0.969. The molecule has 1 atom stereocenters. The maximum absolute atomic E-state index is 5.85. The van der Waals surface area contributed by atoms with Crippen molar-refractivity contribution in [1.29, 1.82) is 0 Å². The van der Waals surface area contributed by atoms with E-state index in [1.807, 2.05) is 19.9 Å². The second-order valence-corrected chi connectivity index (χ2v) is 5.36. The number of hydrogen-bond acceptors (Lipinski definition) is 4. The Bertz CT molecular complexity index is 549. The van der Waals surface area contributed by atoms with Crippen LogP contribution in [0.4, 0.5) is 0 Å². The van der Waals surface area contributed by atoms with E-state index < -0.39 is 0 Å². The first kappa shape index (κ1) is 14.0.